The molecule has 1 N–H and O–H groups in total. The Balaban J connectivity index is 2.11. The van der Waals surface area contributed by atoms with Crippen molar-refractivity contribution in [3.05, 3.63) is 65.2 Å². The van der Waals surface area contributed by atoms with Gasteiger partial charge >= 0.3 is 0 Å². The first kappa shape index (κ1) is 25.4. The van der Waals surface area contributed by atoms with Gasteiger partial charge in [-0.2, -0.15) is 0 Å². The summed E-state index contributed by atoms with van der Waals surface area (Å²) in [4.78, 5) is 29.4. The second-order valence-corrected chi connectivity index (χ2v) is 10.5. The first-order valence-electron chi connectivity index (χ1n) is 10.6. The molecule has 1 aliphatic heterocycles. The number of carbonyl (C=O) groups excluding carboxylic acids is 2. The van der Waals surface area contributed by atoms with Crippen molar-refractivity contribution in [3.63, 3.8) is 0 Å². The fourth-order valence-corrected chi connectivity index (χ4v) is 4.60. The van der Waals surface area contributed by atoms with Gasteiger partial charge in [-0.25, -0.2) is 12.7 Å². The van der Waals surface area contributed by atoms with Gasteiger partial charge in [0.1, 0.15) is 11.5 Å². The molecule has 2 aromatic rings. The number of ether oxygens (including phenoxy) is 1. The number of nitrogens with zero attached hydrogens (tertiary/aromatic N) is 3. The molecule has 1 aliphatic rings. The minimum absolute atomic E-state index is 0.0443. The molecular formula is C24H29N3O6S. The van der Waals surface area contributed by atoms with Crippen LogP contribution in [0.15, 0.2) is 59.0 Å². The van der Waals surface area contributed by atoms with Gasteiger partial charge in [-0.1, -0.05) is 12.1 Å². The second-order valence-electron chi connectivity index (χ2n) is 8.38. The number of Topliss-reactive ketones (excluding diaryl/α,β-unsaturated/α-hetero) is 1. The fourth-order valence-electron chi connectivity index (χ4n) is 3.70. The molecule has 182 valence electrons. The molecule has 34 heavy (non-hydrogen) atoms. The Bertz CT molecular complexity index is 1200. The highest BCUT2D eigenvalue weighted by Crippen LogP contribution is 2.39. The Kier molecular flexibility index (Phi) is 7.44. The number of hydrogen-bond acceptors (Lipinski definition) is 7. The summed E-state index contributed by atoms with van der Waals surface area (Å²) in [6.45, 7) is 0.807. The number of likely N-dealkylation sites (N-methyl/N-ethyl adjacent to an activating group) is 1. The summed E-state index contributed by atoms with van der Waals surface area (Å²) in [6.07, 6.45) is 0. The predicted molar refractivity (Wildman–Crippen MR) is 128 cm³/mol. The molecule has 0 bridgehead atoms. The largest absolute Gasteiger partial charge is 0.507 e. The van der Waals surface area contributed by atoms with E-state index in [1.165, 1.54) is 43.3 Å². The van der Waals surface area contributed by atoms with Gasteiger partial charge in [0.2, 0.25) is 10.0 Å². The van der Waals surface area contributed by atoms with Gasteiger partial charge in [0.15, 0.2) is 0 Å². The lowest BCUT2D eigenvalue weighted by atomic mass is 9.95. The summed E-state index contributed by atoms with van der Waals surface area (Å²) in [6, 6.07) is 11.7. The van der Waals surface area contributed by atoms with Crippen LogP contribution in [-0.4, -0.2) is 87.7 Å². The summed E-state index contributed by atoms with van der Waals surface area (Å²) >= 11 is 0. The molecule has 3 rings (SSSR count). The lowest BCUT2D eigenvalue weighted by Crippen LogP contribution is -2.35. The standard InChI is InChI=1S/C24H29N3O6S/c1-25(2)14-15-27-21(16-6-10-18(33-5)11-7-16)20(23(29)24(27)30)22(28)17-8-12-19(13-9-17)34(31,32)26(3)4/h6-13,21,28H,14-15H2,1-5H3/t21-/m1/s1. The second kappa shape index (κ2) is 9.96. The summed E-state index contributed by atoms with van der Waals surface area (Å²) in [5, 5.41) is 11.1. The average Bonchev–Trinajstić information content (AvgIpc) is 3.07. The maximum atomic E-state index is 13.0. The minimum Gasteiger partial charge on any atom is -0.507 e. The Morgan fingerprint density at radius 1 is 1.00 bits per heavy atom. The minimum atomic E-state index is -3.65. The number of hydrogen-bond donors (Lipinski definition) is 1. The highest BCUT2D eigenvalue weighted by molar-refractivity contribution is 7.89. The number of amides is 1. The Hall–Kier alpha value is -3.21. The molecule has 2 aromatic carbocycles. The molecule has 9 nitrogen and oxygen atoms in total. The van der Waals surface area contributed by atoms with E-state index in [9.17, 15) is 23.1 Å². The van der Waals surface area contributed by atoms with Crippen LogP contribution in [0.25, 0.3) is 5.76 Å². The lowest BCUT2D eigenvalue weighted by Gasteiger charge is -2.26. The predicted octanol–water partition coefficient (Wildman–Crippen LogP) is 1.93. The van der Waals surface area contributed by atoms with Gasteiger partial charge < -0.3 is 19.6 Å². The number of aliphatic hydroxyl groups excluding tert-OH is 1. The highest BCUT2D eigenvalue weighted by Gasteiger charge is 2.45. The van der Waals surface area contributed by atoms with Crippen molar-refractivity contribution in [3.8, 4) is 5.75 Å². The normalized spacial score (nSPS) is 18.2. The van der Waals surface area contributed by atoms with Crippen LogP contribution in [-0.2, 0) is 19.6 Å². The van der Waals surface area contributed by atoms with Crippen LogP contribution in [0.4, 0.5) is 0 Å². The molecule has 0 aromatic heterocycles. The van der Waals surface area contributed by atoms with Gasteiger partial charge in [0, 0.05) is 32.7 Å². The van der Waals surface area contributed by atoms with Crippen LogP contribution in [0, 0.1) is 0 Å². The first-order valence-corrected chi connectivity index (χ1v) is 12.0. The van der Waals surface area contributed by atoms with E-state index in [1.807, 2.05) is 19.0 Å². The quantitative estimate of drug-likeness (QED) is 0.344. The Morgan fingerprint density at radius 3 is 2.09 bits per heavy atom. The fraction of sp³-hybridized carbons (Fsp3) is 0.333. The number of likely N-dealkylation sites (tertiary alicyclic amines) is 1. The zero-order chi connectivity index (χ0) is 25.2. The zero-order valence-corrected chi connectivity index (χ0v) is 20.7. The number of benzene rings is 2. The van der Waals surface area contributed by atoms with Crippen LogP contribution in [0.1, 0.15) is 17.2 Å². The molecule has 1 fully saturated rings. The molecule has 1 amide bonds. The molecule has 1 heterocycles. The van der Waals surface area contributed by atoms with Crippen molar-refractivity contribution < 1.29 is 27.9 Å². The van der Waals surface area contributed by atoms with Crippen molar-refractivity contribution in [2.24, 2.45) is 0 Å². The number of carbonyl (C=O) groups is 2. The summed E-state index contributed by atoms with van der Waals surface area (Å²) in [7, 11) is 4.46. The number of methoxy groups -OCH3 is 1. The third kappa shape index (κ3) is 4.84. The maximum absolute atomic E-state index is 13.0. The van der Waals surface area contributed by atoms with E-state index in [1.54, 1.807) is 31.4 Å². The summed E-state index contributed by atoms with van der Waals surface area (Å²) in [5.41, 5.74) is 0.839. The molecule has 0 aliphatic carbocycles. The van der Waals surface area contributed by atoms with Crippen molar-refractivity contribution in [1.29, 1.82) is 0 Å². The van der Waals surface area contributed by atoms with Crippen molar-refractivity contribution in [2.45, 2.75) is 10.9 Å². The maximum Gasteiger partial charge on any atom is 0.295 e. The van der Waals surface area contributed by atoms with E-state index in [2.05, 4.69) is 0 Å². The Morgan fingerprint density at radius 2 is 1.59 bits per heavy atom. The molecule has 1 saturated heterocycles. The van der Waals surface area contributed by atoms with Crippen LogP contribution >= 0.6 is 0 Å². The number of ketones is 1. The van der Waals surface area contributed by atoms with E-state index in [4.69, 9.17) is 4.74 Å². The summed E-state index contributed by atoms with van der Waals surface area (Å²) in [5.74, 6) is -1.23. The lowest BCUT2D eigenvalue weighted by molar-refractivity contribution is -0.140. The number of rotatable bonds is 8. The van der Waals surface area contributed by atoms with Crippen LogP contribution in [0.2, 0.25) is 0 Å². The molecule has 0 unspecified atom stereocenters. The van der Waals surface area contributed by atoms with Gasteiger partial charge in [0.05, 0.1) is 23.6 Å². The molecule has 0 spiro atoms. The average molecular weight is 488 g/mol. The molecule has 10 heteroatoms. The number of aliphatic hydroxyl groups is 1. The van der Waals surface area contributed by atoms with Crippen LogP contribution in [0.5, 0.6) is 5.75 Å². The van der Waals surface area contributed by atoms with Crippen molar-refractivity contribution in [2.75, 3.05) is 48.4 Å². The molecule has 1 atom stereocenters. The smallest absolute Gasteiger partial charge is 0.295 e. The third-order valence-electron chi connectivity index (χ3n) is 5.67. The van der Waals surface area contributed by atoms with Crippen molar-refractivity contribution >= 4 is 27.5 Å². The van der Waals surface area contributed by atoms with Gasteiger partial charge in [-0.15, -0.1) is 0 Å². The van der Waals surface area contributed by atoms with Gasteiger partial charge in [-0.3, -0.25) is 9.59 Å². The van der Waals surface area contributed by atoms with Crippen LogP contribution < -0.4 is 4.74 Å². The van der Waals surface area contributed by atoms with Crippen LogP contribution in [0.3, 0.4) is 0 Å². The van der Waals surface area contributed by atoms with Gasteiger partial charge in [0.25, 0.3) is 11.7 Å². The van der Waals surface area contributed by atoms with E-state index in [0.29, 0.717) is 17.9 Å². The van der Waals surface area contributed by atoms with E-state index in [-0.39, 0.29) is 28.3 Å². The third-order valence-corrected chi connectivity index (χ3v) is 7.50. The zero-order valence-electron chi connectivity index (χ0n) is 19.8. The van der Waals surface area contributed by atoms with Gasteiger partial charge in [-0.05, 0) is 56.1 Å². The summed E-state index contributed by atoms with van der Waals surface area (Å²) < 4.78 is 31.0. The molecule has 0 saturated carbocycles. The van der Waals surface area contributed by atoms with E-state index in [0.717, 1.165) is 4.31 Å². The van der Waals surface area contributed by atoms with Crippen molar-refractivity contribution in [1.82, 2.24) is 14.1 Å². The number of sulfonamides is 1. The monoisotopic (exact) mass is 487 g/mol. The molecular weight excluding hydrogens is 458 g/mol. The Labute approximate surface area is 199 Å². The van der Waals surface area contributed by atoms with E-state index < -0.39 is 27.8 Å². The highest BCUT2D eigenvalue weighted by atomic mass is 32.2. The van der Waals surface area contributed by atoms with E-state index >= 15 is 0 Å². The topological polar surface area (TPSA) is 107 Å². The first-order chi connectivity index (χ1) is 16.0. The SMILES string of the molecule is COc1ccc([C@@H]2C(=C(O)c3ccc(S(=O)(=O)N(C)C)cc3)C(=O)C(=O)N2CCN(C)C)cc1. The molecule has 0 radical (unpaired) electrons.